The monoisotopic (exact) mass is 729 g/mol. The summed E-state index contributed by atoms with van der Waals surface area (Å²) in [7, 11) is 0. The molecular formula is C47H84O5. The summed E-state index contributed by atoms with van der Waals surface area (Å²) < 4.78 is 10.6. The number of allylic oxidation sites excluding steroid dienone is 8. The van der Waals surface area contributed by atoms with Crippen LogP contribution >= 0.6 is 0 Å². The normalized spacial score (nSPS) is 12.6. The zero-order chi connectivity index (χ0) is 37.8. The van der Waals surface area contributed by atoms with Crippen LogP contribution in [0.2, 0.25) is 0 Å². The van der Waals surface area contributed by atoms with Gasteiger partial charge in [-0.3, -0.25) is 9.59 Å². The van der Waals surface area contributed by atoms with Crippen LogP contribution in [0.5, 0.6) is 0 Å². The van der Waals surface area contributed by atoms with Crippen LogP contribution in [0.1, 0.15) is 219 Å². The van der Waals surface area contributed by atoms with Crippen molar-refractivity contribution in [2.24, 2.45) is 0 Å². The first kappa shape index (κ1) is 49.9. The third-order valence-corrected chi connectivity index (χ3v) is 9.60. The molecule has 0 saturated heterocycles. The molecule has 0 fully saturated rings. The minimum absolute atomic E-state index is 0.0775. The van der Waals surface area contributed by atoms with Crippen LogP contribution in [-0.4, -0.2) is 36.4 Å². The van der Waals surface area contributed by atoms with Gasteiger partial charge in [0.2, 0.25) is 0 Å². The predicted octanol–water partition coefficient (Wildman–Crippen LogP) is 14.2. The highest BCUT2D eigenvalue weighted by Crippen LogP contribution is 2.14. The molecule has 0 unspecified atom stereocenters. The molecule has 0 aliphatic rings. The second-order valence-electron chi connectivity index (χ2n) is 14.8. The van der Waals surface area contributed by atoms with Gasteiger partial charge in [-0.05, 0) is 77.0 Å². The molecule has 0 spiro atoms. The van der Waals surface area contributed by atoms with Crippen molar-refractivity contribution in [1.29, 1.82) is 0 Å². The highest BCUT2D eigenvalue weighted by atomic mass is 16.6. The molecule has 0 aromatic carbocycles. The lowest BCUT2D eigenvalue weighted by Crippen LogP contribution is -2.28. The van der Waals surface area contributed by atoms with Crippen LogP contribution in [0.4, 0.5) is 0 Å². The van der Waals surface area contributed by atoms with E-state index in [2.05, 4.69) is 62.5 Å². The molecule has 0 bridgehead atoms. The van der Waals surface area contributed by atoms with Gasteiger partial charge in [-0.2, -0.15) is 0 Å². The van der Waals surface area contributed by atoms with E-state index >= 15 is 0 Å². The topological polar surface area (TPSA) is 72.8 Å². The van der Waals surface area contributed by atoms with E-state index in [1.54, 1.807) is 0 Å². The third kappa shape index (κ3) is 40.6. The average molecular weight is 729 g/mol. The lowest BCUT2D eigenvalue weighted by Gasteiger charge is -2.15. The van der Waals surface area contributed by atoms with E-state index in [1.165, 1.54) is 128 Å². The van der Waals surface area contributed by atoms with Crippen molar-refractivity contribution < 1.29 is 24.2 Å². The molecule has 0 amide bonds. The Kier molecular flexibility index (Phi) is 41.5. The number of carbonyl (C=O) groups is 2. The van der Waals surface area contributed by atoms with E-state index in [4.69, 9.17) is 9.47 Å². The maximum Gasteiger partial charge on any atom is 0.306 e. The molecular weight excluding hydrogens is 645 g/mol. The van der Waals surface area contributed by atoms with Gasteiger partial charge in [0, 0.05) is 12.8 Å². The van der Waals surface area contributed by atoms with Crippen LogP contribution in [0.3, 0.4) is 0 Å². The molecule has 0 radical (unpaired) electrons. The minimum atomic E-state index is -0.781. The molecule has 0 aliphatic carbocycles. The van der Waals surface area contributed by atoms with Gasteiger partial charge < -0.3 is 14.6 Å². The van der Waals surface area contributed by atoms with Gasteiger partial charge in [0.15, 0.2) is 6.10 Å². The van der Waals surface area contributed by atoms with E-state index in [1.807, 2.05) is 0 Å². The van der Waals surface area contributed by atoms with E-state index in [0.29, 0.717) is 12.8 Å². The molecule has 5 heteroatoms. The second-order valence-corrected chi connectivity index (χ2v) is 14.8. The molecule has 5 nitrogen and oxygen atoms in total. The van der Waals surface area contributed by atoms with Crippen LogP contribution in [0.15, 0.2) is 48.6 Å². The largest absolute Gasteiger partial charge is 0.462 e. The Labute approximate surface area is 322 Å². The molecule has 1 N–H and O–H groups in total. The number of aliphatic hydroxyl groups excluding tert-OH is 1. The first-order chi connectivity index (χ1) is 25.6. The molecule has 0 aromatic heterocycles. The summed E-state index contributed by atoms with van der Waals surface area (Å²) >= 11 is 0. The van der Waals surface area contributed by atoms with Crippen molar-refractivity contribution >= 4 is 11.9 Å². The molecule has 0 rings (SSSR count). The maximum atomic E-state index is 12.2. The van der Waals surface area contributed by atoms with E-state index in [9.17, 15) is 14.7 Å². The summed E-state index contributed by atoms with van der Waals surface area (Å²) in [4.78, 5) is 24.3. The average Bonchev–Trinajstić information content (AvgIpc) is 3.15. The van der Waals surface area contributed by atoms with Crippen LogP contribution in [0, 0.1) is 0 Å². The van der Waals surface area contributed by atoms with Crippen molar-refractivity contribution in [2.45, 2.75) is 225 Å². The summed E-state index contributed by atoms with van der Waals surface area (Å²) in [5.41, 5.74) is 0. The SMILES string of the molecule is CCCCC/C=C\C/C=C\C/C=C\CCCCCCC(=O)OC[C@H](CO)OC(=O)CCCCCCCCCCCCC/C=C\CCCCCCCC. The lowest BCUT2D eigenvalue weighted by molar-refractivity contribution is -0.161. The van der Waals surface area contributed by atoms with Gasteiger partial charge in [0.05, 0.1) is 6.61 Å². The zero-order valence-corrected chi connectivity index (χ0v) is 34.3. The molecule has 0 aliphatic heterocycles. The zero-order valence-electron chi connectivity index (χ0n) is 34.3. The number of hydrogen-bond acceptors (Lipinski definition) is 5. The number of ether oxygens (including phenoxy) is 2. The van der Waals surface area contributed by atoms with Gasteiger partial charge >= 0.3 is 11.9 Å². The molecule has 0 aromatic rings. The number of aliphatic hydroxyl groups is 1. The van der Waals surface area contributed by atoms with Gasteiger partial charge in [-0.15, -0.1) is 0 Å². The van der Waals surface area contributed by atoms with Crippen molar-refractivity contribution in [3.63, 3.8) is 0 Å². The van der Waals surface area contributed by atoms with Crippen LogP contribution in [0.25, 0.3) is 0 Å². The van der Waals surface area contributed by atoms with Crippen LogP contribution in [-0.2, 0) is 19.1 Å². The van der Waals surface area contributed by atoms with E-state index in [0.717, 1.165) is 64.2 Å². The van der Waals surface area contributed by atoms with Crippen LogP contribution < -0.4 is 0 Å². The number of hydrogen-bond donors (Lipinski definition) is 1. The highest BCUT2D eigenvalue weighted by Gasteiger charge is 2.16. The second kappa shape index (κ2) is 43.3. The molecule has 0 heterocycles. The Bertz CT molecular complexity index is 873. The molecule has 302 valence electrons. The summed E-state index contributed by atoms with van der Waals surface area (Å²) in [6.45, 7) is 4.10. The molecule has 0 saturated carbocycles. The fourth-order valence-electron chi connectivity index (χ4n) is 6.20. The third-order valence-electron chi connectivity index (χ3n) is 9.60. The van der Waals surface area contributed by atoms with E-state index < -0.39 is 6.10 Å². The van der Waals surface area contributed by atoms with Gasteiger partial charge in [-0.25, -0.2) is 0 Å². The number of unbranched alkanes of at least 4 members (excludes halogenated alkanes) is 24. The maximum absolute atomic E-state index is 12.2. The fourth-order valence-corrected chi connectivity index (χ4v) is 6.20. The van der Waals surface area contributed by atoms with E-state index in [-0.39, 0.29) is 25.2 Å². The number of esters is 2. The Balaban J connectivity index is 3.56. The quantitative estimate of drug-likeness (QED) is 0.0386. The number of rotatable bonds is 40. The smallest absolute Gasteiger partial charge is 0.306 e. The summed E-state index contributed by atoms with van der Waals surface area (Å²) in [6, 6.07) is 0. The predicted molar refractivity (Wildman–Crippen MR) is 224 cm³/mol. The fraction of sp³-hybridized carbons (Fsp3) is 0.787. The standard InChI is InChI=1S/C47H84O5/c1-3-5-7-9-11-13-15-17-19-21-22-23-24-26-28-30-32-34-36-38-40-42-47(50)52-45(43-48)44-51-46(49)41-39-37-35-33-31-29-27-25-20-18-16-14-12-10-8-6-4-2/h12,14,17-20,27,29,45,48H,3-11,13,15-16,21-26,28,30-44H2,1-2H3/b14-12-,19-17-,20-18-,29-27-/t45-/m0/s1. The Hall–Kier alpha value is -2.14. The van der Waals surface area contributed by atoms with Gasteiger partial charge in [0.1, 0.15) is 6.61 Å². The Morgan fingerprint density at radius 1 is 0.442 bits per heavy atom. The first-order valence-electron chi connectivity index (χ1n) is 22.2. The molecule has 52 heavy (non-hydrogen) atoms. The molecule has 1 atom stereocenters. The Morgan fingerprint density at radius 3 is 1.21 bits per heavy atom. The first-order valence-corrected chi connectivity index (χ1v) is 22.2. The summed E-state index contributed by atoms with van der Waals surface area (Å²) in [6.07, 6.45) is 54.6. The lowest BCUT2D eigenvalue weighted by atomic mass is 10.0. The minimum Gasteiger partial charge on any atom is -0.462 e. The van der Waals surface area contributed by atoms with Crippen molar-refractivity contribution in [2.75, 3.05) is 13.2 Å². The highest BCUT2D eigenvalue weighted by molar-refractivity contribution is 5.70. The summed E-state index contributed by atoms with van der Waals surface area (Å²) in [5.74, 6) is -0.613. The Morgan fingerprint density at radius 2 is 0.769 bits per heavy atom. The van der Waals surface area contributed by atoms with Crippen molar-refractivity contribution in [1.82, 2.24) is 0 Å². The van der Waals surface area contributed by atoms with Crippen molar-refractivity contribution in [3.05, 3.63) is 48.6 Å². The summed E-state index contributed by atoms with van der Waals surface area (Å²) in [5, 5.41) is 9.58. The van der Waals surface area contributed by atoms with Crippen molar-refractivity contribution in [3.8, 4) is 0 Å². The number of carbonyl (C=O) groups excluding carboxylic acids is 2. The van der Waals surface area contributed by atoms with Gasteiger partial charge in [0.25, 0.3) is 0 Å². The van der Waals surface area contributed by atoms with Gasteiger partial charge in [-0.1, -0.05) is 178 Å².